The summed E-state index contributed by atoms with van der Waals surface area (Å²) in [6, 6.07) is 1.64. The molecule has 1 fully saturated rings. The van der Waals surface area contributed by atoms with Crippen molar-refractivity contribution in [3.8, 4) is 11.5 Å². The molecule has 0 bridgehead atoms. The highest BCUT2D eigenvalue weighted by Gasteiger charge is 2.53. The van der Waals surface area contributed by atoms with Gasteiger partial charge in [-0.15, -0.1) is 0 Å². The molecule has 0 saturated carbocycles. The Bertz CT molecular complexity index is 516. The predicted molar refractivity (Wildman–Crippen MR) is 85.3 cm³/mol. The van der Waals surface area contributed by atoms with Gasteiger partial charge in [0, 0.05) is 11.5 Å². The first-order valence-electron chi connectivity index (χ1n) is 6.60. The minimum absolute atomic E-state index is 0.363. The Morgan fingerprint density at radius 2 is 1.29 bits per heavy atom. The molecule has 21 heavy (non-hydrogen) atoms. The van der Waals surface area contributed by atoms with Gasteiger partial charge in [-0.1, -0.05) is 23.2 Å². The first kappa shape index (κ1) is 16.8. The first-order chi connectivity index (χ1) is 9.64. The topological polar surface area (TPSA) is 36.9 Å². The highest BCUT2D eigenvalue weighted by molar-refractivity contribution is 6.69. The third-order valence-electron chi connectivity index (χ3n) is 4.10. The average Bonchev–Trinajstić information content (AvgIpc) is 2.58. The van der Waals surface area contributed by atoms with Crippen molar-refractivity contribution >= 4 is 35.8 Å². The van der Waals surface area contributed by atoms with Crippen LogP contribution in [0.25, 0.3) is 0 Å². The summed E-state index contributed by atoms with van der Waals surface area (Å²) in [7, 11) is 2.38. The number of hydrogen-bond donors (Lipinski definition) is 0. The fraction of sp³-hybridized carbons (Fsp3) is 0.571. The Balaban J connectivity index is 2.55. The van der Waals surface area contributed by atoms with Crippen LogP contribution in [-0.4, -0.2) is 32.5 Å². The second-order valence-electron chi connectivity index (χ2n) is 5.91. The van der Waals surface area contributed by atoms with Crippen LogP contribution >= 0.6 is 23.2 Å². The molecule has 0 aromatic heterocycles. The van der Waals surface area contributed by atoms with Gasteiger partial charge >= 0.3 is 7.12 Å². The summed E-state index contributed by atoms with van der Waals surface area (Å²) in [5.74, 6) is 0.922. The van der Waals surface area contributed by atoms with Crippen LogP contribution in [0.2, 0.25) is 10.0 Å². The Hall–Kier alpha value is -0.615. The first-order valence-corrected chi connectivity index (χ1v) is 7.35. The van der Waals surface area contributed by atoms with Gasteiger partial charge in [-0.05, 0) is 27.7 Å². The molecule has 0 atom stereocenters. The van der Waals surface area contributed by atoms with Gasteiger partial charge in [0.15, 0.2) is 0 Å². The van der Waals surface area contributed by atoms with Crippen molar-refractivity contribution in [2.24, 2.45) is 0 Å². The second kappa shape index (κ2) is 5.54. The second-order valence-corrected chi connectivity index (χ2v) is 6.67. The molecule has 0 unspecified atom stereocenters. The van der Waals surface area contributed by atoms with E-state index < -0.39 is 18.3 Å². The Labute approximate surface area is 135 Å². The van der Waals surface area contributed by atoms with Crippen LogP contribution in [0.15, 0.2) is 6.07 Å². The fourth-order valence-corrected chi connectivity index (χ4v) is 2.75. The van der Waals surface area contributed by atoms with Crippen LogP contribution in [0.1, 0.15) is 27.7 Å². The molecule has 0 amide bonds. The van der Waals surface area contributed by atoms with E-state index in [-0.39, 0.29) is 0 Å². The van der Waals surface area contributed by atoms with Crippen molar-refractivity contribution in [1.29, 1.82) is 0 Å². The lowest BCUT2D eigenvalue weighted by atomic mass is 9.78. The lowest BCUT2D eigenvalue weighted by Crippen LogP contribution is -2.41. The SMILES string of the molecule is COc1cc(OC)c(Cl)c(B2OC(C)(C)C(C)(C)O2)c1Cl. The van der Waals surface area contributed by atoms with E-state index in [1.54, 1.807) is 6.07 Å². The number of rotatable bonds is 3. The summed E-state index contributed by atoms with van der Waals surface area (Å²) in [6.07, 6.45) is 0. The normalized spacial score (nSPS) is 19.7. The van der Waals surface area contributed by atoms with Crippen LogP contribution in [0.4, 0.5) is 0 Å². The van der Waals surface area contributed by atoms with Crippen LogP contribution in [-0.2, 0) is 9.31 Å². The summed E-state index contributed by atoms with van der Waals surface area (Å²) < 4.78 is 22.5. The maximum atomic E-state index is 6.38. The Morgan fingerprint density at radius 1 is 0.905 bits per heavy atom. The summed E-state index contributed by atoms with van der Waals surface area (Å²) in [4.78, 5) is 0. The summed E-state index contributed by atoms with van der Waals surface area (Å²) in [5.41, 5.74) is -0.449. The van der Waals surface area contributed by atoms with Gasteiger partial charge in [0.1, 0.15) is 11.5 Å². The molecular weight excluding hydrogens is 314 g/mol. The molecule has 1 saturated heterocycles. The molecule has 1 aromatic rings. The zero-order valence-electron chi connectivity index (χ0n) is 13.0. The standard InChI is InChI=1S/C14H19BCl2O4/c1-13(2)14(3,4)21-15(20-13)10-11(16)8(18-5)7-9(19-6)12(10)17/h7H,1-6H3. The predicted octanol–water partition coefficient (Wildman–Crippen LogP) is 3.31. The molecule has 0 N–H and O–H groups in total. The van der Waals surface area contributed by atoms with Gasteiger partial charge in [0.25, 0.3) is 0 Å². The van der Waals surface area contributed by atoms with E-state index in [0.29, 0.717) is 27.0 Å². The Morgan fingerprint density at radius 3 is 1.62 bits per heavy atom. The van der Waals surface area contributed by atoms with Gasteiger partial charge < -0.3 is 18.8 Å². The van der Waals surface area contributed by atoms with Crippen LogP contribution in [0.5, 0.6) is 11.5 Å². The quantitative estimate of drug-likeness (QED) is 0.796. The molecule has 1 aromatic carbocycles. The largest absolute Gasteiger partial charge is 0.498 e. The van der Waals surface area contributed by atoms with Gasteiger partial charge in [0.05, 0.1) is 35.5 Å². The third kappa shape index (κ3) is 2.72. The van der Waals surface area contributed by atoms with Crippen molar-refractivity contribution < 1.29 is 18.8 Å². The number of hydrogen-bond acceptors (Lipinski definition) is 4. The van der Waals surface area contributed by atoms with Crippen LogP contribution in [0.3, 0.4) is 0 Å². The van der Waals surface area contributed by atoms with E-state index in [0.717, 1.165) is 0 Å². The van der Waals surface area contributed by atoms with Crippen molar-refractivity contribution in [1.82, 2.24) is 0 Å². The molecule has 1 aliphatic heterocycles. The van der Waals surface area contributed by atoms with Crippen LogP contribution in [0, 0.1) is 0 Å². The minimum atomic E-state index is -0.681. The zero-order chi connectivity index (χ0) is 16.0. The number of ether oxygens (including phenoxy) is 2. The summed E-state index contributed by atoms with van der Waals surface area (Å²) in [6.45, 7) is 7.86. The molecule has 0 spiro atoms. The molecule has 4 nitrogen and oxygen atoms in total. The van der Waals surface area contributed by atoms with E-state index in [1.807, 2.05) is 27.7 Å². The molecule has 0 radical (unpaired) electrons. The number of methoxy groups -OCH3 is 2. The van der Waals surface area contributed by atoms with E-state index in [4.69, 9.17) is 42.0 Å². The van der Waals surface area contributed by atoms with Crippen molar-refractivity contribution in [2.45, 2.75) is 38.9 Å². The Kier molecular flexibility index (Phi) is 4.42. The monoisotopic (exact) mass is 332 g/mol. The molecular formula is C14H19BCl2O4. The van der Waals surface area contributed by atoms with Gasteiger partial charge in [0.2, 0.25) is 0 Å². The van der Waals surface area contributed by atoms with Crippen molar-refractivity contribution in [3.05, 3.63) is 16.1 Å². The fourth-order valence-electron chi connectivity index (χ4n) is 2.07. The minimum Gasteiger partial charge on any atom is -0.495 e. The lowest BCUT2D eigenvalue weighted by Gasteiger charge is -2.32. The van der Waals surface area contributed by atoms with E-state index in [1.165, 1.54) is 14.2 Å². The van der Waals surface area contributed by atoms with E-state index >= 15 is 0 Å². The maximum absolute atomic E-state index is 6.38. The smallest absolute Gasteiger partial charge is 0.495 e. The van der Waals surface area contributed by atoms with Crippen molar-refractivity contribution in [3.63, 3.8) is 0 Å². The van der Waals surface area contributed by atoms with Gasteiger partial charge in [-0.25, -0.2) is 0 Å². The highest BCUT2D eigenvalue weighted by atomic mass is 35.5. The molecule has 1 heterocycles. The van der Waals surface area contributed by atoms with Gasteiger partial charge in [-0.3, -0.25) is 0 Å². The molecule has 7 heteroatoms. The van der Waals surface area contributed by atoms with E-state index in [2.05, 4.69) is 0 Å². The molecule has 0 aliphatic carbocycles. The third-order valence-corrected chi connectivity index (χ3v) is 4.88. The average molecular weight is 333 g/mol. The molecule has 116 valence electrons. The summed E-state index contributed by atoms with van der Waals surface area (Å²) >= 11 is 12.8. The van der Waals surface area contributed by atoms with Gasteiger partial charge in [-0.2, -0.15) is 0 Å². The summed E-state index contributed by atoms with van der Waals surface area (Å²) in [5, 5.41) is 0.726. The zero-order valence-corrected chi connectivity index (χ0v) is 14.6. The molecule has 2 rings (SSSR count). The molecule has 1 aliphatic rings. The van der Waals surface area contributed by atoms with E-state index in [9.17, 15) is 0 Å². The number of benzene rings is 1. The maximum Gasteiger partial charge on any atom is 0.498 e. The number of halogens is 2. The lowest BCUT2D eigenvalue weighted by molar-refractivity contribution is 0.00578. The van der Waals surface area contributed by atoms with Crippen molar-refractivity contribution in [2.75, 3.05) is 14.2 Å². The highest BCUT2D eigenvalue weighted by Crippen LogP contribution is 2.40. The van der Waals surface area contributed by atoms with Crippen LogP contribution < -0.4 is 14.9 Å².